The smallest absolute Gasteiger partial charge is 0.257 e. The van der Waals surface area contributed by atoms with Gasteiger partial charge in [-0.25, -0.2) is 8.42 Å². The van der Waals surface area contributed by atoms with Gasteiger partial charge >= 0.3 is 0 Å². The third kappa shape index (κ3) is 4.97. The molecule has 2 aromatic carbocycles. The van der Waals surface area contributed by atoms with Crippen LogP contribution in [0.2, 0.25) is 5.02 Å². The summed E-state index contributed by atoms with van der Waals surface area (Å²) < 4.78 is 24.7. The van der Waals surface area contributed by atoms with E-state index >= 15 is 0 Å². The molecule has 0 heterocycles. The maximum atomic E-state index is 12.3. The number of hydrogen-bond acceptors (Lipinski definition) is 3. The first-order valence-electron chi connectivity index (χ1n) is 7.34. The Labute approximate surface area is 147 Å². The molecular formula is C17H19ClN2O3S. The topological polar surface area (TPSA) is 75.3 Å². The standard InChI is InChI=1S/C17H19ClN2O3S/c1-11(2)12-4-6-13(7-5-12)19-17(21)15-9-8-14(10-16(15)18)20-24(3,22)23/h4-11,20H,1-3H3,(H,19,21). The normalized spacial score (nSPS) is 11.4. The Morgan fingerprint density at radius 2 is 1.62 bits per heavy atom. The van der Waals surface area contributed by atoms with Crippen LogP contribution in [-0.4, -0.2) is 20.6 Å². The Kier molecular flexibility index (Phi) is 5.51. The average molecular weight is 367 g/mol. The van der Waals surface area contributed by atoms with E-state index in [-0.39, 0.29) is 16.5 Å². The molecule has 7 heteroatoms. The zero-order valence-electron chi connectivity index (χ0n) is 13.6. The van der Waals surface area contributed by atoms with Gasteiger partial charge in [-0.3, -0.25) is 9.52 Å². The second-order valence-electron chi connectivity index (χ2n) is 5.80. The molecule has 2 aromatic rings. The van der Waals surface area contributed by atoms with Crippen molar-refractivity contribution >= 4 is 38.9 Å². The summed E-state index contributed by atoms with van der Waals surface area (Å²) in [6, 6.07) is 12.0. The number of anilines is 2. The molecule has 0 radical (unpaired) electrons. The van der Waals surface area contributed by atoms with Gasteiger partial charge in [0.25, 0.3) is 5.91 Å². The molecule has 0 aliphatic rings. The molecule has 5 nitrogen and oxygen atoms in total. The van der Waals surface area contributed by atoms with E-state index in [2.05, 4.69) is 23.9 Å². The predicted molar refractivity (Wildman–Crippen MR) is 98.4 cm³/mol. The van der Waals surface area contributed by atoms with Crippen LogP contribution >= 0.6 is 11.6 Å². The second kappa shape index (κ2) is 7.23. The number of sulfonamides is 1. The lowest BCUT2D eigenvalue weighted by molar-refractivity contribution is 0.102. The average Bonchev–Trinajstić information content (AvgIpc) is 2.46. The highest BCUT2D eigenvalue weighted by atomic mass is 35.5. The van der Waals surface area contributed by atoms with E-state index < -0.39 is 10.0 Å². The van der Waals surface area contributed by atoms with Gasteiger partial charge in [0.1, 0.15) is 0 Å². The van der Waals surface area contributed by atoms with E-state index in [1.165, 1.54) is 23.8 Å². The summed E-state index contributed by atoms with van der Waals surface area (Å²) in [6.07, 6.45) is 1.04. The molecule has 128 valence electrons. The van der Waals surface area contributed by atoms with Crippen molar-refractivity contribution in [2.24, 2.45) is 0 Å². The summed E-state index contributed by atoms with van der Waals surface area (Å²) in [5.41, 5.74) is 2.42. The Bertz CT molecular complexity index is 847. The highest BCUT2D eigenvalue weighted by Gasteiger charge is 2.12. The minimum atomic E-state index is -3.40. The van der Waals surface area contributed by atoms with E-state index in [9.17, 15) is 13.2 Å². The first-order valence-corrected chi connectivity index (χ1v) is 9.61. The minimum Gasteiger partial charge on any atom is -0.322 e. The van der Waals surface area contributed by atoms with Crippen molar-refractivity contribution in [1.29, 1.82) is 0 Å². The zero-order valence-corrected chi connectivity index (χ0v) is 15.2. The Hall–Kier alpha value is -2.05. The molecule has 0 atom stereocenters. The molecule has 0 aromatic heterocycles. The molecule has 0 fully saturated rings. The van der Waals surface area contributed by atoms with Crippen LogP contribution in [0.4, 0.5) is 11.4 Å². The number of carbonyl (C=O) groups excluding carboxylic acids is 1. The Morgan fingerprint density at radius 1 is 1.04 bits per heavy atom. The molecule has 0 saturated carbocycles. The first kappa shape index (κ1) is 18.3. The zero-order chi connectivity index (χ0) is 17.9. The summed E-state index contributed by atoms with van der Waals surface area (Å²) >= 11 is 6.09. The van der Waals surface area contributed by atoms with Crippen molar-refractivity contribution in [1.82, 2.24) is 0 Å². The molecule has 2 rings (SSSR count). The van der Waals surface area contributed by atoms with Gasteiger partial charge in [-0.1, -0.05) is 37.6 Å². The monoisotopic (exact) mass is 366 g/mol. The van der Waals surface area contributed by atoms with Crippen LogP contribution in [0.3, 0.4) is 0 Å². The molecule has 2 N–H and O–H groups in total. The number of halogens is 1. The van der Waals surface area contributed by atoms with E-state index in [4.69, 9.17) is 11.6 Å². The van der Waals surface area contributed by atoms with E-state index in [0.29, 0.717) is 17.3 Å². The van der Waals surface area contributed by atoms with Crippen molar-refractivity contribution in [3.05, 3.63) is 58.6 Å². The molecule has 0 saturated heterocycles. The molecular weight excluding hydrogens is 348 g/mol. The van der Waals surface area contributed by atoms with Crippen molar-refractivity contribution in [3.8, 4) is 0 Å². The highest BCUT2D eigenvalue weighted by molar-refractivity contribution is 7.92. The summed E-state index contributed by atoms with van der Waals surface area (Å²) in [6.45, 7) is 4.19. The van der Waals surface area contributed by atoms with Gasteiger partial charge in [0.05, 0.1) is 16.8 Å². The number of nitrogens with one attached hydrogen (secondary N) is 2. The van der Waals surface area contributed by atoms with Gasteiger partial charge < -0.3 is 5.32 Å². The van der Waals surface area contributed by atoms with Crippen molar-refractivity contribution in [3.63, 3.8) is 0 Å². The van der Waals surface area contributed by atoms with Gasteiger partial charge in [0.2, 0.25) is 10.0 Å². The van der Waals surface area contributed by atoms with Crippen LogP contribution in [0, 0.1) is 0 Å². The fourth-order valence-electron chi connectivity index (χ4n) is 2.13. The fourth-order valence-corrected chi connectivity index (χ4v) is 2.95. The largest absolute Gasteiger partial charge is 0.322 e. The number of benzene rings is 2. The molecule has 0 aliphatic heterocycles. The Balaban J connectivity index is 2.15. The number of carbonyl (C=O) groups is 1. The molecule has 24 heavy (non-hydrogen) atoms. The fraction of sp³-hybridized carbons (Fsp3) is 0.235. The lowest BCUT2D eigenvalue weighted by atomic mass is 10.0. The van der Waals surface area contributed by atoms with Crippen LogP contribution in [0.25, 0.3) is 0 Å². The predicted octanol–water partition coefficient (Wildman–Crippen LogP) is 4.09. The van der Waals surface area contributed by atoms with Gasteiger partial charge in [-0.05, 0) is 41.8 Å². The van der Waals surface area contributed by atoms with Crippen LogP contribution < -0.4 is 10.0 Å². The van der Waals surface area contributed by atoms with Gasteiger partial charge in [0.15, 0.2) is 0 Å². The second-order valence-corrected chi connectivity index (χ2v) is 7.96. The lowest BCUT2D eigenvalue weighted by Crippen LogP contribution is -2.13. The van der Waals surface area contributed by atoms with Gasteiger partial charge in [-0.15, -0.1) is 0 Å². The highest BCUT2D eigenvalue weighted by Crippen LogP contribution is 2.23. The molecule has 1 amide bonds. The SMILES string of the molecule is CC(C)c1ccc(NC(=O)c2ccc(NS(C)(=O)=O)cc2Cl)cc1. The van der Waals surface area contributed by atoms with E-state index in [0.717, 1.165) is 6.26 Å². The summed E-state index contributed by atoms with van der Waals surface area (Å²) in [7, 11) is -3.40. The minimum absolute atomic E-state index is 0.167. The van der Waals surface area contributed by atoms with Crippen LogP contribution in [0.5, 0.6) is 0 Å². The number of rotatable bonds is 5. The van der Waals surface area contributed by atoms with Crippen molar-refractivity contribution in [2.45, 2.75) is 19.8 Å². The Morgan fingerprint density at radius 3 is 2.12 bits per heavy atom. The van der Waals surface area contributed by atoms with Gasteiger partial charge in [-0.2, -0.15) is 0 Å². The maximum absolute atomic E-state index is 12.3. The number of hydrogen-bond donors (Lipinski definition) is 2. The quantitative estimate of drug-likeness (QED) is 0.836. The summed E-state index contributed by atoms with van der Waals surface area (Å²) in [4.78, 5) is 12.3. The van der Waals surface area contributed by atoms with Crippen LogP contribution in [0.15, 0.2) is 42.5 Å². The van der Waals surface area contributed by atoms with E-state index in [1.807, 2.05) is 24.3 Å². The molecule has 0 spiro atoms. The molecule has 0 unspecified atom stereocenters. The van der Waals surface area contributed by atoms with Crippen molar-refractivity contribution in [2.75, 3.05) is 16.3 Å². The number of amides is 1. The van der Waals surface area contributed by atoms with Crippen LogP contribution in [0.1, 0.15) is 35.7 Å². The third-order valence-electron chi connectivity index (χ3n) is 3.35. The maximum Gasteiger partial charge on any atom is 0.257 e. The van der Waals surface area contributed by atoms with Gasteiger partial charge in [0, 0.05) is 11.4 Å². The van der Waals surface area contributed by atoms with Crippen LogP contribution in [-0.2, 0) is 10.0 Å². The summed E-state index contributed by atoms with van der Waals surface area (Å²) in [5, 5.41) is 2.94. The third-order valence-corrected chi connectivity index (χ3v) is 4.27. The summed E-state index contributed by atoms with van der Waals surface area (Å²) in [5.74, 6) is 0.0577. The molecule has 0 aliphatic carbocycles. The first-order chi connectivity index (χ1) is 11.2. The van der Waals surface area contributed by atoms with E-state index in [1.54, 1.807) is 0 Å². The van der Waals surface area contributed by atoms with Crippen molar-refractivity contribution < 1.29 is 13.2 Å². The molecule has 0 bridgehead atoms. The lowest BCUT2D eigenvalue weighted by Gasteiger charge is -2.10.